The van der Waals surface area contributed by atoms with Crippen molar-refractivity contribution >= 4 is 28.8 Å². The van der Waals surface area contributed by atoms with Crippen LogP contribution >= 0.6 is 0 Å². The number of benzene rings is 1. The first kappa shape index (κ1) is 17.3. The van der Waals surface area contributed by atoms with Gasteiger partial charge >= 0.3 is 6.09 Å². The Morgan fingerprint density at radius 1 is 1.32 bits per heavy atom. The summed E-state index contributed by atoms with van der Waals surface area (Å²) in [5.41, 5.74) is 7.11. The number of amides is 1. The number of likely N-dealkylation sites (tertiary alicyclic amines) is 1. The van der Waals surface area contributed by atoms with Crippen molar-refractivity contribution < 1.29 is 9.53 Å². The van der Waals surface area contributed by atoms with Crippen LogP contribution in [0, 0.1) is 5.92 Å². The maximum atomic E-state index is 12.1. The quantitative estimate of drug-likeness (QED) is 0.890. The molecule has 2 heterocycles. The number of anilines is 2. The van der Waals surface area contributed by atoms with Gasteiger partial charge in [-0.1, -0.05) is 12.1 Å². The number of carbonyl (C=O) groups excluding carboxylic acids is 1. The molecule has 1 aliphatic rings. The number of hydrogen-bond acceptors (Lipinski definition) is 6. The molecule has 7 nitrogen and oxygen atoms in total. The largest absolute Gasteiger partial charge is 0.444 e. The molecule has 0 saturated carbocycles. The van der Waals surface area contributed by atoms with E-state index in [1.165, 1.54) is 0 Å². The predicted octanol–water partition coefficient (Wildman–Crippen LogP) is 2.88. The van der Waals surface area contributed by atoms with E-state index in [2.05, 4.69) is 15.3 Å². The smallest absolute Gasteiger partial charge is 0.410 e. The molecule has 2 aromatic rings. The number of carbonyl (C=O) groups is 1. The first-order valence-electron chi connectivity index (χ1n) is 8.56. The molecule has 25 heavy (non-hydrogen) atoms. The van der Waals surface area contributed by atoms with Crippen LogP contribution in [0.2, 0.25) is 0 Å². The second kappa shape index (κ2) is 6.74. The zero-order valence-corrected chi connectivity index (χ0v) is 15.0. The molecule has 3 rings (SSSR count). The molecular formula is C18H25N5O2. The van der Waals surface area contributed by atoms with Crippen molar-refractivity contribution in [3.63, 3.8) is 0 Å². The minimum Gasteiger partial charge on any atom is -0.444 e. The summed E-state index contributed by atoms with van der Waals surface area (Å²) >= 11 is 0. The summed E-state index contributed by atoms with van der Waals surface area (Å²) in [7, 11) is 0. The van der Waals surface area contributed by atoms with Crippen molar-refractivity contribution in [3.8, 4) is 0 Å². The van der Waals surface area contributed by atoms with Crippen LogP contribution in [-0.2, 0) is 4.74 Å². The highest BCUT2D eigenvalue weighted by molar-refractivity contribution is 5.79. The minimum atomic E-state index is -0.470. The predicted molar refractivity (Wildman–Crippen MR) is 98.4 cm³/mol. The third-order valence-electron chi connectivity index (χ3n) is 4.09. The third-order valence-corrected chi connectivity index (χ3v) is 4.09. The highest BCUT2D eigenvalue weighted by atomic mass is 16.6. The van der Waals surface area contributed by atoms with Gasteiger partial charge in [0.2, 0.25) is 0 Å². The van der Waals surface area contributed by atoms with Crippen LogP contribution in [0.4, 0.5) is 16.4 Å². The van der Waals surface area contributed by atoms with Gasteiger partial charge < -0.3 is 20.7 Å². The molecule has 0 unspecified atom stereocenters. The Hall–Kier alpha value is -2.57. The molecule has 134 valence electrons. The summed E-state index contributed by atoms with van der Waals surface area (Å²) in [6, 6.07) is 7.63. The van der Waals surface area contributed by atoms with Gasteiger partial charge in [-0.2, -0.15) is 0 Å². The monoisotopic (exact) mass is 343 g/mol. The van der Waals surface area contributed by atoms with Crippen molar-refractivity contribution in [1.29, 1.82) is 0 Å². The second-order valence-corrected chi connectivity index (χ2v) is 7.41. The summed E-state index contributed by atoms with van der Waals surface area (Å²) in [4.78, 5) is 22.8. The zero-order valence-electron chi connectivity index (χ0n) is 15.0. The summed E-state index contributed by atoms with van der Waals surface area (Å²) in [6.45, 7) is 7.70. The van der Waals surface area contributed by atoms with E-state index in [1.54, 1.807) is 4.90 Å². The number of nitrogens with two attached hydrogens (primary N) is 1. The van der Waals surface area contributed by atoms with E-state index in [0.29, 0.717) is 37.2 Å². The van der Waals surface area contributed by atoms with E-state index in [9.17, 15) is 4.79 Å². The van der Waals surface area contributed by atoms with E-state index in [1.807, 2.05) is 45.0 Å². The topological polar surface area (TPSA) is 93.4 Å². The highest BCUT2D eigenvalue weighted by Crippen LogP contribution is 2.22. The lowest BCUT2D eigenvalue weighted by Gasteiger charge is -2.24. The average Bonchev–Trinajstić information content (AvgIpc) is 3.00. The number of para-hydroxylation sites is 2. The SMILES string of the molecule is CC(C)(C)OC(=O)N1CC[C@@H](CNc2nc3ccccc3nc2N)C1. The third kappa shape index (κ3) is 4.29. The number of rotatable bonds is 3. The highest BCUT2D eigenvalue weighted by Gasteiger charge is 2.29. The van der Waals surface area contributed by atoms with Crippen LogP contribution in [-0.4, -0.2) is 46.2 Å². The molecule has 1 fully saturated rings. The van der Waals surface area contributed by atoms with Crippen molar-refractivity contribution in [1.82, 2.24) is 14.9 Å². The number of fused-ring (bicyclic) bond motifs is 1. The summed E-state index contributed by atoms with van der Waals surface area (Å²) < 4.78 is 5.42. The van der Waals surface area contributed by atoms with Gasteiger partial charge in [0.25, 0.3) is 0 Å². The van der Waals surface area contributed by atoms with Gasteiger partial charge in [0, 0.05) is 19.6 Å². The lowest BCUT2D eigenvalue weighted by Crippen LogP contribution is -2.35. The van der Waals surface area contributed by atoms with Gasteiger partial charge in [0.05, 0.1) is 11.0 Å². The molecule has 7 heteroatoms. The summed E-state index contributed by atoms with van der Waals surface area (Å²) in [6.07, 6.45) is 0.674. The molecule has 1 saturated heterocycles. The Morgan fingerprint density at radius 3 is 2.68 bits per heavy atom. The van der Waals surface area contributed by atoms with Crippen molar-refractivity contribution in [2.45, 2.75) is 32.8 Å². The van der Waals surface area contributed by atoms with Crippen molar-refractivity contribution in [2.24, 2.45) is 5.92 Å². The minimum absolute atomic E-state index is 0.250. The van der Waals surface area contributed by atoms with Gasteiger partial charge in [-0.25, -0.2) is 14.8 Å². The van der Waals surface area contributed by atoms with Gasteiger partial charge in [-0.3, -0.25) is 0 Å². The Labute approximate surface area is 147 Å². The number of aromatic nitrogens is 2. The fraction of sp³-hybridized carbons (Fsp3) is 0.500. The van der Waals surface area contributed by atoms with Gasteiger partial charge in [0.15, 0.2) is 11.6 Å². The Kier molecular flexibility index (Phi) is 4.65. The average molecular weight is 343 g/mol. The van der Waals surface area contributed by atoms with E-state index < -0.39 is 5.60 Å². The standard InChI is InChI=1S/C18H25N5O2/c1-18(2,3)25-17(24)23-9-8-12(11-23)10-20-16-15(19)21-13-6-4-5-7-14(13)22-16/h4-7,12H,8-11H2,1-3H3,(H2,19,21)(H,20,22)/t12-/m0/s1. The zero-order chi connectivity index (χ0) is 18.0. The number of nitrogen functional groups attached to an aromatic ring is 1. The van der Waals surface area contributed by atoms with E-state index in [-0.39, 0.29) is 6.09 Å². The van der Waals surface area contributed by atoms with Crippen LogP contribution in [0.3, 0.4) is 0 Å². The van der Waals surface area contributed by atoms with Crippen molar-refractivity contribution in [3.05, 3.63) is 24.3 Å². The second-order valence-electron chi connectivity index (χ2n) is 7.41. The summed E-state index contributed by atoms with van der Waals surface area (Å²) in [5.74, 6) is 1.32. The Bertz CT molecular complexity index is 772. The van der Waals surface area contributed by atoms with Crippen molar-refractivity contribution in [2.75, 3.05) is 30.7 Å². The lowest BCUT2D eigenvalue weighted by molar-refractivity contribution is 0.0289. The maximum Gasteiger partial charge on any atom is 0.410 e. The summed E-state index contributed by atoms with van der Waals surface area (Å²) in [5, 5.41) is 3.28. The van der Waals surface area contributed by atoms with E-state index in [0.717, 1.165) is 17.5 Å². The Balaban J connectivity index is 1.58. The normalized spacial score (nSPS) is 17.7. The molecule has 1 aromatic heterocycles. The fourth-order valence-corrected chi connectivity index (χ4v) is 2.88. The molecule has 0 spiro atoms. The maximum absolute atomic E-state index is 12.1. The van der Waals surface area contributed by atoms with Crippen LogP contribution in [0.25, 0.3) is 11.0 Å². The lowest BCUT2D eigenvalue weighted by atomic mass is 10.1. The molecular weight excluding hydrogens is 318 g/mol. The van der Waals surface area contributed by atoms with Crippen LogP contribution < -0.4 is 11.1 Å². The molecule has 0 bridgehead atoms. The molecule has 0 aliphatic carbocycles. The van der Waals surface area contributed by atoms with E-state index in [4.69, 9.17) is 10.5 Å². The number of ether oxygens (including phenoxy) is 1. The number of nitrogens with one attached hydrogen (secondary N) is 1. The van der Waals surface area contributed by atoms with Crippen LogP contribution in [0.5, 0.6) is 0 Å². The fourth-order valence-electron chi connectivity index (χ4n) is 2.88. The van der Waals surface area contributed by atoms with Crippen LogP contribution in [0.1, 0.15) is 27.2 Å². The van der Waals surface area contributed by atoms with Gasteiger partial charge in [-0.05, 0) is 45.2 Å². The number of nitrogens with zero attached hydrogens (tertiary/aromatic N) is 3. The van der Waals surface area contributed by atoms with Gasteiger partial charge in [-0.15, -0.1) is 0 Å². The van der Waals surface area contributed by atoms with Gasteiger partial charge in [0.1, 0.15) is 5.60 Å². The van der Waals surface area contributed by atoms with E-state index >= 15 is 0 Å². The molecule has 1 amide bonds. The molecule has 0 radical (unpaired) electrons. The first-order valence-corrected chi connectivity index (χ1v) is 8.56. The Morgan fingerprint density at radius 2 is 2.00 bits per heavy atom. The molecule has 1 aromatic carbocycles. The van der Waals surface area contributed by atoms with Crippen LogP contribution in [0.15, 0.2) is 24.3 Å². The molecule has 1 atom stereocenters. The molecule has 1 aliphatic heterocycles. The number of hydrogen-bond donors (Lipinski definition) is 2. The molecule has 3 N–H and O–H groups in total. The first-order chi connectivity index (χ1) is 11.8.